The van der Waals surface area contributed by atoms with Gasteiger partial charge in [0.25, 0.3) is 0 Å². The van der Waals surface area contributed by atoms with E-state index in [9.17, 15) is 22.4 Å². The highest BCUT2D eigenvalue weighted by Crippen LogP contribution is 2.49. The number of hydrogen-bond donors (Lipinski definition) is 0. The number of alkyl halides is 3. The first kappa shape index (κ1) is 21.9. The average Bonchev–Trinajstić information content (AvgIpc) is 3.45. The molecule has 1 fully saturated rings. The van der Waals surface area contributed by atoms with Crippen LogP contribution in [0, 0.1) is 11.9 Å². The summed E-state index contributed by atoms with van der Waals surface area (Å²) in [5.74, 6) is -1.48. The molecule has 9 heteroatoms. The van der Waals surface area contributed by atoms with Gasteiger partial charge < -0.3 is 4.90 Å². The van der Waals surface area contributed by atoms with Crippen molar-refractivity contribution in [2.75, 3.05) is 7.05 Å². The average molecular weight is 460 g/mol. The molecule has 1 amide bonds. The molecule has 0 aliphatic heterocycles. The third-order valence-electron chi connectivity index (χ3n) is 6.84. The van der Waals surface area contributed by atoms with Crippen LogP contribution in [-0.2, 0) is 10.2 Å². The van der Waals surface area contributed by atoms with E-state index < -0.39 is 24.1 Å². The van der Waals surface area contributed by atoms with Crippen molar-refractivity contribution < 1.29 is 22.4 Å². The first-order valence-electron chi connectivity index (χ1n) is 11.0. The van der Waals surface area contributed by atoms with Gasteiger partial charge in [-0.05, 0) is 30.4 Å². The van der Waals surface area contributed by atoms with Crippen LogP contribution in [0.15, 0.2) is 36.5 Å². The van der Waals surface area contributed by atoms with Crippen molar-refractivity contribution in [2.45, 2.75) is 56.7 Å². The van der Waals surface area contributed by atoms with Gasteiger partial charge >= 0.3 is 6.18 Å². The van der Waals surface area contributed by atoms with Crippen LogP contribution in [0.25, 0.3) is 5.65 Å². The highest BCUT2D eigenvalue weighted by atomic mass is 19.4. The number of hydrogen-bond acceptors (Lipinski definition) is 3. The molecule has 174 valence electrons. The van der Waals surface area contributed by atoms with Crippen molar-refractivity contribution >= 4 is 11.6 Å². The highest BCUT2D eigenvalue weighted by Gasteiger charge is 2.48. The lowest BCUT2D eigenvalue weighted by atomic mass is 9.86. The first-order chi connectivity index (χ1) is 15.5. The van der Waals surface area contributed by atoms with Crippen molar-refractivity contribution in [2.24, 2.45) is 5.92 Å². The van der Waals surface area contributed by atoms with E-state index in [1.807, 2.05) is 13.8 Å². The summed E-state index contributed by atoms with van der Waals surface area (Å²) in [6.07, 6.45) is -0.898. The summed E-state index contributed by atoms with van der Waals surface area (Å²) in [5.41, 5.74) is 2.71. The van der Waals surface area contributed by atoms with Gasteiger partial charge in [0.1, 0.15) is 0 Å². The zero-order valence-electron chi connectivity index (χ0n) is 18.5. The molecule has 2 aliphatic rings. The van der Waals surface area contributed by atoms with Crippen LogP contribution < -0.4 is 0 Å². The number of benzene rings is 1. The van der Waals surface area contributed by atoms with Crippen LogP contribution >= 0.6 is 0 Å². The second kappa shape index (κ2) is 7.27. The third kappa shape index (κ3) is 3.67. The molecule has 2 aliphatic carbocycles. The smallest absolute Gasteiger partial charge is 0.330 e. The van der Waals surface area contributed by atoms with Gasteiger partial charge in [-0.3, -0.25) is 4.79 Å². The predicted molar refractivity (Wildman–Crippen MR) is 113 cm³/mol. The quantitative estimate of drug-likeness (QED) is 0.506. The fourth-order valence-corrected chi connectivity index (χ4v) is 5.15. The molecule has 33 heavy (non-hydrogen) atoms. The van der Waals surface area contributed by atoms with Crippen molar-refractivity contribution in [3.8, 4) is 0 Å². The number of rotatable bonds is 4. The number of carbonyl (C=O) groups is 1. The van der Waals surface area contributed by atoms with Crippen LogP contribution in [-0.4, -0.2) is 38.6 Å². The van der Waals surface area contributed by atoms with E-state index in [0.717, 1.165) is 21.7 Å². The predicted octanol–water partition coefficient (Wildman–Crippen LogP) is 5.15. The second-order valence-corrected chi connectivity index (χ2v) is 9.77. The minimum absolute atomic E-state index is 0.0305. The summed E-state index contributed by atoms with van der Waals surface area (Å²) in [4.78, 5) is 17.5. The number of carbonyl (C=O) groups excluding carboxylic acids is 1. The van der Waals surface area contributed by atoms with Gasteiger partial charge in [0.15, 0.2) is 11.7 Å². The van der Waals surface area contributed by atoms with Crippen molar-refractivity contribution in [3.05, 3.63) is 64.9 Å². The van der Waals surface area contributed by atoms with Crippen LogP contribution in [0.2, 0.25) is 0 Å². The number of amides is 1. The van der Waals surface area contributed by atoms with Gasteiger partial charge in [-0.1, -0.05) is 38.1 Å². The van der Waals surface area contributed by atoms with E-state index in [-0.39, 0.29) is 22.8 Å². The van der Waals surface area contributed by atoms with Crippen molar-refractivity contribution in [1.29, 1.82) is 0 Å². The maximum atomic E-state index is 13.9. The maximum Gasteiger partial charge on any atom is 0.413 e. The number of halogens is 4. The number of nitrogens with zero attached hydrogens (tertiary/aromatic N) is 4. The topological polar surface area (TPSA) is 50.5 Å². The van der Waals surface area contributed by atoms with E-state index in [0.29, 0.717) is 24.9 Å². The minimum Gasteiger partial charge on any atom is -0.330 e. The Labute approximate surface area is 188 Å². The van der Waals surface area contributed by atoms with E-state index in [2.05, 4.69) is 10.1 Å². The molecule has 2 aromatic heterocycles. The molecule has 0 bridgehead atoms. The Morgan fingerprint density at radius 2 is 1.88 bits per heavy atom. The van der Waals surface area contributed by atoms with E-state index in [1.54, 1.807) is 18.3 Å². The van der Waals surface area contributed by atoms with Crippen LogP contribution in [0.3, 0.4) is 0 Å². The van der Waals surface area contributed by atoms with Crippen LogP contribution in [0.4, 0.5) is 17.6 Å². The molecule has 0 N–H and O–H groups in total. The van der Waals surface area contributed by atoms with Gasteiger partial charge in [0.05, 0.1) is 5.69 Å². The van der Waals surface area contributed by atoms with Crippen LogP contribution in [0.5, 0.6) is 0 Å². The molecular weight excluding hydrogens is 436 g/mol. The monoisotopic (exact) mass is 460 g/mol. The van der Waals surface area contributed by atoms with Gasteiger partial charge in [-0.25, -0.2) is 9.50 Å². The molecule has 0 spiro atoms. The lowest BCUT2D eigenvalue weighted by Crippen LogP contribution is -2.40. The molecule has 2 heterocycles. The molecule has 1 aromatic carbocycles. The summed E-state index contributed by atoms with van der Waals surface area (Å²) in [7, 11) is 1.22. The molecule has 1 saturated carbocycles. The molecule has 0 radical (unpaired) electrons. The molecule has 5 rings (SSSR count). The standard InChI is InChI=1S/C24H24F4N4O/c1-23(2)11-16(17-12-29-19-10-18(25)30-32(19)21(17)23)13-4-6-14(7-5-13)20(24(26,27)28)31(3)22(33)15-8-9-15/h4-7,10,12,15-16,20H,8-9,11H2,1-3H3/t16-,20-/m0/s1. The minimum atomic E-state index is -4.58. The molecule has 2 atom stereocenters. The fraction of sp³-hybridized carbons (Fsp3) is 0.458. The molecule has 3 aromatic rings. The number of aromatic nitrogens is 3. The maximum absolute atomic E-state index is 13.9. The third-order valence-corrected chi connectivity index (χ3v) is 6.84. The second-order valence-electron chi connectivity index (χ2n) is 9.77. The Hall–Kier alpha value is -2.97. The molecule has 5 nitrogen and oxygen atoms in total. The Morgan fingerprint density at radius 3 is 2.48 bits per heavy atom. The van der Waals surface area contributed by atoms with Gasteiger partial charge in [-0.2, -0.15) is 17.6 Å². The van der Waals surface area contributed by atoms with Gasteiger partial charge in [0, 0.05) is 42.1 Å². The number of fused-ring (bicyclic) bond motifs is 3. The summed E-state index contributed by atoms with van der Waals surface area (Å²) < 4.78 is 57.0. The summed E-state index contributed by atoms with van der Waals surface area (Å²) in [6, 6.07) is 5.57. The van der Waals surface area contributed by atoms with Gasteiger partial charge in [0.2, 0.25) is 11.9 Å². The van der Waals surface area contributed by atoms with Crippen molar-refractivity contribution in [1.82, 2.24) is 19.5 Å². The van der Waals surface area contributed by atoms with E-state index in [1.165, 1.54) is 29.8 Å². The Bertz CT molecular complexity index is 1230. The fourth-order valence-electron chi connectivity index (χ4n) is 5.15. The summed E-state index contributed by atoms with van der Waals surface area (Å²) in [5, 5.41) is 3.95. The van der Waals surface area contributed by atoms with Crippen molar-refractivity contribution in [3.63, 3.8) is 0 Å². The molecule has 0 unspecified atom stereocenters. The summed E-state index contributed by atoms with van der Waals surface area (Å²) in [6.45, 7) is 4.08. The highest BCUT2D eigenvalue weighted by molar-refractivity contribution is 5.81. The lowest BCUT2D eigenvalue weighted by Gasteiger charge is -2.30. The Kier molecular flexibility index (Phi) is 4.81. The van der Waals surface area contributed by atoms with E-state index in [4.69, 9.17) is 0 Å². The van der Waals surface area contributed by atoms with Crippen LogP contribution in [0.1, 0.15) is 67.5 Å². The van der Waals surface area contributed by atoms with E-state index >= 15 is 0 Å². The normalized spacial score (nSPS) is 20.6. The zero-order valence-corrected chi connectivity index (χ0v) is 18.5. The zero-order chi connectivity index (χ0) is 23.7. The lowest BCUT2D eigenvalue weighted by molar-refractivity contribution is -0.189. The molecular formula is C24H24F4N4O. The SMILES string of the molecule is CN(C(=O)C1CC1)[C@@H](c1ccc([C@@H]2CC(C)(C)c3c2cnc2cc(F)nn32)cc1)C(F)(F)F. The van der Waals surface area contributed by atoms with Gasteiger partial charge in [-0.15, -0.1) is 5.10 Å². The molecule has 0 saturated heterocycles. The first-order valence-corrected chi connectivity index (χ1v) is 11.0. The Balaban J connectivity index is 1.50. The largest absolute Gasteiger partial charge is 0.413 e. The Morgan fingerprint density at radius 1 is 1.21 bits per heavy atom. The summed E-state index contributed by atoms with van der Waals surface area (Å²) >= 11 is 0.